The molecule has 1 aromatic carbocycles. The monoisotopic (exact) mass is 322 g/mol. The number of carbonyl (C=O) groups excluding carboxylic acids is 1. The van der Waals surface area contributed by atoms with Crippen LogP contribution in [-0.2, 0) is 4.79 Å². The quantitative estimate of drug-likeness (QED) is 0.781. The Morgan fingerprint density at radius 2 is 1.83 bits per heavy atom. The second kappa shape index (κ2) is 8.26. The molecule has 2 rings (SSSR count). The summed E-state index contributed by atoms with van der Waals surface area (Å²) in [5.74, 6) is 0.0556. The maximum Gasteiger partial charge on any atom is 0.320 e. The Hall–Kier alpha value is -2.44. The zero-order valence-corrected chi connectivity index (χ0v) is 13.2. The number of carbonyl (C=O) groups is 2. The summed E-state index contributed by atoms with van der Waals surface area (Å²) < 4.78 is 11.0. The molecule has 2 N–H and O–H groups in total. The molecule has 1 saturated heterocycles. The Kier molecular flexibility index (Phi) is 6.08. The lowest BCUT2D eigenvalue weighted by molar-refractivity contribution is -0.143. The van der Waals surface area contributed by atoms with E-state index in [1.807, 2.05) is 19.1 Å². The first-order valence-electron chi connectivity index (χ1n) is 7.72. The Bertz CT molecular complexity index is 541. The minimum Gasteiger partial charge on any atom is -0.490 e. The van der Waals surface area contributed by atoms with Crippen LogP contribution in [-0.4, -0.2) is 48.4 Å². The van der Waals surface area contributed by atoms with Gasteiger partial charge in [-0.15, -0.1) is 0 Å². The van der Waals surface area contributed by atoms with Gasteiger partial charge in [-0.05, 0) is 31.9 Å². The fraction of sp³-hybridized carbons (Fsp3) is 0.500. The highest BCUT2D eigenvalue weighted by molar-refractivity contribution is 5.75. The first-order chi connectivity index (χ1) is 11.1. The third-order valence-corrected chi connectivity index (χ3v) is 3.73. The molecule has 1 heterocycles. The van der Waals surface area contributed by atoms with Crippen molar-refractivity contribution in [3.8, 4) is 11.5 Å². The molecule has 0 unspecified atom stereocenters. The van der Waals surface area contributed by atoms with Crippen molar-refractivity contribution in [1.82, 2.24) is 10.2 Å². The molecular formula is C16H22N2O5. The summed E-state index contributed by atoms with van der Waals surface area (Å²) in [7, 11) is 0. The molecule has 1 aliphatic rings. The summed E-state index contributed by atoms with van der Waals surface area (Å²) in [6.45, 7) is 3.34. The molecule has 1 fully saturated rings. The number of ether oxygens (including phenoxy) is 2. The average molecular weight is 322 g/mol. The summed E-state index contributed by atoms with van der Waals surface area (Å²) in [4.78, 5) is 24.5. The number of urea groups is 1. The smallest absolute Gasteiger partial charge is 0.320 e. The molecule has 0 aromatic heterocycles. The van der Waals surface area contributed by atoms with Crippen LogP contribution in [0.5, 0.6) is 11.5 Å². The van der Waals surface area contributed by atoms with E-state index in [-0.39, 0.29) is 18.7 Å². The number of carboxylic acid groups (broad SMARTS) is 1. The molecular weight excluding hydrogens is 300 g/mol. The lowest BCUT2D eigenvalue weighted by atomic mass is 9.97. The van der Waals surface area contributed by atoms with E-state index in [1.54, 1.807) is 17.0 Å². The molecule has 0 spiro atoms. The highest BCUT2D eigenvalue weighted by Crippen LogP contribution is 2.26. The van der Waals surface area contributed by atoms with Gasteiger partial charge in [-0.2, -0.15) is 0 Å². The van der Waals surface area contributed by atoms with Crippen LogP contribution in [0.25, 0.3) is 0 Å². The van der Waals surface area contributed by atoms with Gasteiger partial charge in [0, 0.05) is 13.1 Å². The van der Waals surface area contributed by atoms with E-state index in [0.29, 0.717) is 44.0 Å². The number of aliphatic carboxylic acids is 1. The number of rotatable bonds is 6. The van der Waals surface area contributed by atoms with Crippen molar-refractivity contribution < 1.29 is 24.2 Å². The highest BCUT2D eigenvalue weighted by atomic mass is 16.5. The van der Waals surface area contributed by atoms with Crippen LogP contribution in [0.2, 0.25) is 0 Å². The van der Waals surface area contributed by atoms with E-state index in [4.69, 9.17) is 14.6 Å². The van der Waals surface area contributed by atoms with Crippen LogP contribution < -0.4 is 14.8 Å². The molecule has 0 radical (unpaired) electrons. The number of amides is 2. The largest absolute Gasteiger partial charge is 0.490 e. The standard InChI is InChI=1S/C16H22N2O5/c1-2-22-13-5-3-4-6-14(13)23-11-17-16(21)18-9-7-12(8-10-18)15(19)20/h3-6,12H,2,7-11H2,1H3,(H,17,21)(H,19,20). The fourth-order valence-corrected chi connectivity index (χ4v) is 2.46. The van der Waals surface area contributed by atoms with Gasteiger partial charge in [0.05, 0.1) is 12.5 Å². The van der Waals surface area contributed by atoms with Gasteiger partial charge in [-0.1, -0.05) is 12.1 Å². The van der Waals surface area contributed by atoms with Crippen molar-refractivity contribution in [2.45, 2.75) is 19.8 Å². The predicted molar refractivity (Wildman–Crippen MR) is 83.6 cm³/mol. The molecule has 1 aromatic rings. The van der Waals surface area contributed by atoms with E-state index >= 15 is 0 Å². The van der Waals surface area contributed by atoms with E-state index in [9.17, 15) is 9.59 Å². The zero-order valence-electron chi connectivity index (χ0n) is 13.2. The van der Waals surface area contributed by atoms with Crippen molar-refractivity contribution in [2.75, 3.05) is 26.4 Å². The van der Waals surface area contributed by atoms with Crippen LogP contribution in [0, 0.1) is 5.92 Å². The van der Waals surface area contributed by atoms with Crippen molar-refractivity contribution >= 4 is 12.0 Å². The Morgan fingerprint density at radius 1 is 1.22 bits per heavy atom. The minimum atomic E-state index is -0.791. The fourth-order valence-electron chi connectivity index (χ4n) is 2.46. The van der Waals surface area contributed by atoms with Crippen LogP contribution >= 0.6 is 0 Å². The number of hydrogen-bond acceptors (Lipinski definition) is 4. The number of benzene rings is 1. The van der Waals surface area contributed by atoms with Crippen molar-refractivity contribution in [3.05, 3.63) is 24.3 Å². The third-order valence-electron chi connectivity index (χ3n) is 3.73. The van der Waals surface area contributed by atoms with Gasteiger partial charge < -0.3 is 24.8 Å². The number of carboxylic acids is 1. The van der Waals surface area contributed by atoms with Gasteiger partial charge in [-0.3, -0.25) is 4.79 Å². The molecule has 23 heavy (non-hydrogen) atoms. The van der Waals surface area contributed by atoms with E-state index in [1.165, 1.54) is 0 Å². The zero-order chi connectivity index (χ0) is 16.7. The number of nitrogens with zero attached hydrogens (tertiary/aromatic N) is 1. The topological polar surface area (TPSA) is 88.1 Å². The van der Waals surface area contributed by atoms with Crippen LogP contribution in [0.1, 0.15) is 19.8 Å². The molecule has 0 bridgehead atoms. The summed E-state index contributed by atoms with van der Waals surface area (Å²) >= 11 is 0. The van der Waals surface area contributed by atoms with E-state index in [0.717, 1.165) is 0 Å². The van der Waals surface area contributed by atoms with Gasteiger partial charge in [0.25, 0.3) is 0 Å². The minimum absolute atomic E-state index is 0.0295. The average Bonchev–Trinajstić information content (AvgIpc) is 2.56. The Labute approximate surface area is 135 Å². The number of hydrogen-bond donors (Lipinski definition) is 2. The van der Waals surface area contributed by atoms with Gasteiger partial charge in [0.2, 0.25) is 0 Å². The van der Waals surface area contributed by atoms with E-state index < -0.39 is 5.97 Å². The van der Waals surface area contributed by atoms with Gasteiger partial charge in [-0.25, -0.2) is 4.79 Å². The van der Waals surface area contributed by atoms with Gasteiger partial charge in [0.1, 0.15) is 0 Å². The Morgan fingerprint density at radius 3 is 2.39 bits per heavy atom. The summed E-state index contributed by atoms with van der Waals surface area (Å²) in [5.41, 5.74) is 0. The SMILES string of the molecule is CCOc1ccccc1OCNC(=O)N1CCC(C(=O)O)CC1. The molecule has 1 aliphatic heterocycles. The Balaban J connectivity index is 1.76. The first kappa shape index (κ1) is 16.9. The van der Waals surface area contributed by atoms with Crippen LogP contribution in [0.15, 0.2) is 24.3 Å². The molecule has 2 amide bonds. The first-order valence-corrected chi connectivity index (χ1v) is 7.72. The normalized spacial score (nSPS) is 15.1. The third kappa shape index (κ3) is 4.77. The number of nitrogens with one attached hydrogen (secondary N) is 1. The molecule has 0 atom stereocenters. The van der Waals surface area contributed by atoms with Crippen molar-refractivity contribution in [2.24, 2.45) is 5.92 Å². The molecule has 0 saturated carbocycles. The maximum absolute atomic E-state index is 12.0. The summed E-state index contributed by atoms with van der Waals surface area (Å²) in [6.07, 6.45) is 0.966. The summed E-state index contributed by atoms with van der Waals surface area (Å²) in [5, 5.41) is 11.6. The lowest BCUT2D eigenvalue weighted by Crippen LogP contribution is -2.46. The van der Waals surface area contributed by atoms with Crippen LogP contribution in [0.4, 0.5) is 4.79 Å². The van der Waals surface area contributed by atoms with Crippen molar-refractivity contribution in [1.29, 1.82) is 0 Å². The molecule has 0 aliphatic carbocycles. The number of para-hydroxylation sites is 2. The van der Waals surface area contributed by atoms with E-state index in [2.05, 4.69) is 5.32 Å². The lowest BCUT2D eigenvalue weighted by Gasteiger charge is -2.30. The highest BCUT2D eigenvalue weighted by Gasteiger charge is 2.26. The molecule has 7 nitrogen and oxygen atoms in total. The van der Waals surface area contributed by atoms with Gasteiger partial charge in [0.15, 0.2) is 18.2 Å². The molecule has 7 heteroatoms. The second-order valence-corrected chi connectivity index (χ2v) is 5.25. The predicted octanol–water partition coefficient (Wildman–Crippen LogP) is 1.93. The summed E-state index contributed by atoms with van der Waals surface area (Å²) in [6, 6.07) is 7.01. The maximum atomic E-state index is 12.0. The molecule has 126 valence electrons. The van der Waals surface area contributed by atoms with Gasteiger partial charge >= 0.3 is 12.0 Å². The number of likely N-dealkylation sites (tertiary alicyclic amines) is 1. The number of piperidine rings is 1. The van der Waals surface area contributed by atoms with Crippen LogP contribution in [0.3, 0.4) is 0 Å². The second-order valence-electron chi connectivity index (χ2n) is 5.25. The van der Waals surface area contributed by atoms with Crippen molar-refractivity contribution in [3.63, 3.8) is 0 Å².